The smallest absolute Gasteiger partial charge is 0.234 e. The maximum absolute atomic E-state index is 13.6. The lowest BCUT2D eigenvalue weighted by molar-refractivity contribution is -0.120. The van der Waals surface area contributed by atoms with E-state index >= 15 is 0 Å². The summed E-state index contributed by atoms with van der Waals surface area (Å²) in [6.45, 7) is 3.59. The van der Waals surface area contributed by atoms with Gasteiger partial charge in [0.1, 0.15) is 11.6 Å². The largest absolute Gasteiger partial charge is 0.497 e. The molecule has 0 heterocycles. The normalized spacial score (nSPS) is 11.0. The van der Waals surface area contributed by atoms with E-state index in [9.17, 15) is 9.18 Å². The average molecular weight is 287 g/mol. The van der Waals surface area contributed by atoms with Gasteiger partial charge in [0.05, 0.1) is 18.2 Å². The summed E-state index contributed by atoms with van der Waals surface area (Å²) in [6, 6.07) is 13.4. The van der Waals surface area contributed by atoms with Crippen LogP contribution in [0.1, 0.15) is 19.4 Å². The Morgan fingerprint density at radius 3 is 2.29 bits per heavy atom. The fourth-order valence-electron chi connectivity index (χ4n) is 1.98. The molecule has 0 aliphatic heterocycles. The molecule has 0 saturated heterocycles. The molecule has 0 spiro atoms. The van der Waals surface area contributed by atoms with Gasteiger partial charge in [0.15, 0.2) is 0 Å². The molecular weight excluding hydrogens is 269 g/mol. The predicted molar refractivity (Wildman–Crippen MR) is 81.0 cm³/mol. The summed E-state index contributed by atoms with van der Waals surface area (Å²) in [6.07, 6.45) is 0. The zero-order valence-electron chi connectivity index (χ0n) is 12.3. The molecule has 2 rings (SSSR count). The molecule has 0 saturated carbocycles. The lowest BCUT2D eigenvalue weighted by Crippen LogP contribution is -2.34. The molecule has 2 aromatic rings. The van der Waals surface area contributed by atoms with E-state index in [-0.39, 0.29) is 11.6 Å². The van der Waals surface area contributed by atoms with Gasteiger partial charge in [-0.15, -0.1) is 0 Å². The molecule has 2 aromatic carbocycles. The van der Waals surface area contributed by atoms with Crippen molar-refractivity contribution in [3.8, 4) is 5.75 Å². The summed E-state index contributed by atoms with van der Waals surface area (Å²) < 4.78 is 18.7. The van der Waals surface area contributed by atoms with E-state index in [1.165, 1.54) is 12.1 Å². The summed E-state index contributed by atoms with van der Waals surface area (Å²) in [5.41, 5.74) is 0.232. The van der Waals surface area contributed by atoms with Gasteiger partial charge in [-0.3, -0.25) is 4.79 Å². The van der Waals surface area contributed by atoms with Crippen molar-refractivity contribution in [1.82, 2.24) is 0 Å². The van der Waals surface area contributed by atoms with E-state index in [4.69, 9.17) is 4.74 Å². The van der Waals surface area contributed by atoms with Crippen LogP contribution >= 0.6 is 0 Å². The molecule has 3 nitrogen and oxygen atoms in total. The van der Waals surface area contributed by atoms with Gasteiger partial charge in [0, 0.05) is 0 Å². The first-order valence-electron chi connectivity index (χ1n) is 6.65. The Morgan fingerprint density at radius 1 is 1.10 bits per heavy atom. The lowest BCUT2D eigenvalue weighted by Gasteiger charge is -2.24. The molecule has 0 bridgehead atoms. The van der Waals surface area contributed by atoms with Crippen LogP contribution in [0.4, 0.5) is 10.1 Å². The van der Waals surface area contributed by atoms with Crippen molar-refractivity contribution in [2.24, 2.45) is 0 Å². The van der Waals surface area contributed by atoms with Crippen molar-refractivity contribution in [2.75, 3.05) is 12.4 Å². The average Bonchev–Trinajstić information content (AvgIpc) is 2.49. The molecule has 0 unspecified atom stereocenters. The first-order chi connectivity index (χ1) is 9.95. The molecule has 1 amide bonds. The number of hydrogen-bond acceptors (Lipinski definition) is 2. The number of carbonyl (C=O) groups excluding carboxylic acids is 1. The molecule has 0 radical (unpaired) electrons. The van der Waals surface area contributed by atoms with Crippen molar-refractivity contribution < 1.29 is 13.9 Å². The number of methoxy groups -OCH3 is 1. The number of benzene rings is 2. The Hall–Kier alpha value is -2.36. The molecule has 4 heteroatoms. The predicted octanol–water partition coefficient (Wildman–Crippen LogP) is 3.75. The molecule has 0 aliphatic rings. The van der Waals surface area contributed by atoms with Gasteiger partial charge in [-0.25, -0.2) is 4.39 Å². The van der Waals surface area contributed by atoms with Crippen LogP contribution in [0.3, 0.4) is 0 Å². The number of amides is 1. The van der Waals surface area contributed by atoms with Gasteiger partial charge in [0.2, 0.25) is 5.91 Å². The van der Waals surface area contributed by atoms with Gasteiger partial charge in [-0.2, -0.15) is 0 Å². The maximum Gasteiger partial charge on any atom is 0.234 e. The Morgan fingerprint density at radius 2 is 1.71 bits per heavy atom. The zero-order valence-corrected chi connectivity index (χ0v) is 12.3. The number of nitrogens with one attached hydrogen (secondary N) is 1. The fraction of sp³-hybridized carbons (Fsp3) is 0.235. The lowest BCUT2D eigenvalue weighted by atomic mass is 9.83. The Labute approximate surface area is 123 Å². The third kappa shape index (κ3) is 3.21. The standard InChI is InChI=1S/C17H18FNO2/c1-17(2,12-8-10-13(21-3)11-9-12)16(20)19-15-7-5-4-6-14(15)18/h4-11H,1-3H3,(H,19,20). The monoisotopic (exact) mass is 287 g/mol. The third-order valence-electron chi connectivity index (χ3n) is 3.50. The molecule has 0 fully saturated rings. The van der Waals surface area contributed by atoms with Crippen LogP contribution in [-0.2, 0) is 10.2 Å². The summed E-state index contributed by atoms with van der Waals surface area (Å²) in [5.74, 6) is 0.0122. The van der Waals surface area contributed by atoms with Crippen molar-refractivity contribution in [1.29, 1.82) is 0 Å². The summed E-state index contributed by atoms with van der Waals surface area (Å²) in [5, 5.41) is 2.63. The maximum atomic E-state index is 13.6. The first kappa shape index (κ1) is 15.0. The highest BCUT2D eigenvalue weighted by Gasteiger charge is 2.30. The summed E-state index contributed by atoms with van der Waals surface area (Å²) >= 11 is 0. The molecular formula is C17H18FNO2. The van der Waals surface area contributed by atoms with Crippen molar-refractivity contribution in [3.05, 3.63) is 59.9 Å². The number of hydrogen-bond donors (Lipinski definition) is 1. The van der Waals surface area contributed by atoms with E-state index in [1.54, 1.807) is 45.2 Å². The minimum atomic E-state index is -0.783. The first-order valence-corrected chi connectivity index (χ1v) is 6.65. The molecule has 0 atom stereocenters. The number of ether oxygens (including phenoxy) is 1. The Balaban J connectivity index is 2.21. The number of rotatable bonds is 4. The van der Waals surface area contributed by atoms with Crippen molar-refractivity contribution in [2.45, 2.75) is 19.3 Å². The van der Waals surface area contributed by atoms with Crippen LogP contribution in [0.25, 0.3) is 0 Å². The van der Waals surface area contributed by atoms with Crippen LogP contribution in [0.15, 0.2) is 48.5 Å². The highest BCUT2D eigenvalue weighted by atomic mass is 19.1. The number of para-hydroxylation sites is 1. The molecule has 110 valence electrons. The molecule has 1 N–H and O–H groups in total. The van der Waals surface area contributed by atoms with Crippen LogP contribution < -0.4 is 10.1 Å². The van der Waals surface area contributed by atoms with Gasteiger partial charge in [-0.1, -0.05) is 24.3 Å². The minimum Gasteiger partial charge on any atom is -0.497 e. The van der Waals surface area contributed by atoms with Gasteiger partial charge in [-0.05, 0) is 43.7 Å². The highest BCUT2D eigenvalue weighted by molar-refractivity contribution is 5.98. The van der Waals surface area contributed by atoms with E-state index in [1.807, 2.05) is 12.1 Å². The summed E-state index contributed by atoms with van der Waals surface area (Å²) in [7, 11) is 1.59. The van der Waals surface area contributed by atoms with E-state index < -0.39 is 11.2 Å². The van der Waals surface area contributed by atoms with Crippen LogP contribution in [0.2, 0.25) is 0 Å². The van der Waals surface area contributed by atoms with Crippen LogP contribution in [-0.4, -0.2) is 13.0 Å². The second kappa shape index (κ2) is 5.95. The number of halogens is 1. The number of carbonyl (C=O) groups is 1. The third-order valence-corrected chi connectivity index (χ3v) is 3.50. The Bertz CT molecular complexity index is 635. The molecule has 0 aliphatic carbocycles. The van der Waals surface area contributed by atoms with Crippen LogP contribution in [0.5, 0.6) is 5.75 Å². The van der Waals surface area contributed by atoms with E-state index in [2.05, 4.69) is 5.32 Å². The Kier molecular flexibility index (Phi) is 4.26. The van der Waals surface area contributed by atoms with Gasteiger partial charge < -0.3 is 10.1 Å². The minimum absolute atomic E-state index is 0.184. The second-order valence-corrected chi connectivity index (χ2v) is 5.29. The van der Waals surface area contributed by atoms with E-state index in [0.29, 0.717) is 0 Å². The van der Waals surface area contributed by atoms with Crippen molar-refractivity contribution >= 4 is 11.6 Å². The van der Waals surface area contributed by atoms with E-state index in [0.717, 1.165) is 11.3 Å². The molecule has 21 heavy (non-hydrogen) atoms. The van der Waals surface area contributed by atoms with Crippen LogP contribution in [0, 0.1) is 5.82 Å². The second-order valence-electron chi connectivity index (χ2n) is 5.29. The molecule has 0 aromatic heterocycles. The van der Waals surface area contributed by atoms with Gasteiger partial charge in [0.25, 0.3) is 0 Å². The van der Waals surface area contributed by atoms with Crippen molar-refractivity contribution in [3.63, 3.8) is 0 Å². The highest BCUT2D eigenvalue weighted by Crippen LogP contribution is 2.27. The van der Waals surface area contributed by atoms with Gasteiger partial charge >= 0.3 is 0 Å². The SMILES string of the molecule is COc1ccc(C(C)(C)C(=O)Nc2ccccc2F)cc1. The number of anilines is 1. The quantitative estimate of drug-likeness (QED) is 0.930. The topological polar surface area (TPSA) is 38.3 Å². The summed E-state index contributed by atoms with van der Waals surface area (Å²) in [4.78, 5) is 12.4. The fourth-order valence-corrected chi connectivity index (χ4v) is 1.98. The zero-order chi connectivity index (χ0) is 15.5.